The molecule has 0 atom stereocenters. The van der Waals surface area contributed by atoms with Crippen LogP contribution in [0.15, 0.2) is 24.3 Å². The average molecular weight is 458 g/mol. The molecule has 2 aromatic rings. The molecule has 0 aliphatic heterocycles. The highest BCUT2D eigenvalue weighted by molar-refractivity contribution is 6.17. The lowest BCUT2D eigenvalue weighted by atomic mass is 9.91. The second-order valence-corrected chi connectivity index (χ2v) is 6.92. The second-order valence-electron chi connectivity index (χ2n) is 6.92. The van der Waals surface area contributed by atoms with Gasteiger partial charge in [0.2, 0.25) is 5.75 Å². The Labute approximate surface area is 190 Å². The third-order valence-corrected chi connectivity index (χ3v) is 4.86. The number of benzene rings is 2. The Balaban J connectivity index is 2.72. The number of para-hydroxylation sites is 1. The fourth-order valence-corrected chi connectivity index (χ4v) is 3.12. The van der Waals surface area contributed by atoms with Crippen LogP contribution in [0.5, 0.6) is 23.0 Å². The Bertz CT molecular complexity index is 1090. The van der Waals surface area contributed by atoms with Crippen molar-refractivity contribution in [1.82, 2.24) is 0 Å². The standard InChI is InChI=1S/C24H26O9/c1-5-14(25)18-20(24(30)32-12-13-10-8-9-11-16(13)31-4)19(15(26)6-2)23(22(29)21(18)28)33-17(27)7-3/h8-11,28-29H,5-7,12H2,1-4H3. The predicted octanol–water partition coefficient (Wildman–Crippen LogP) is 3.96. The summed E-state index contributed by atoms with van der Waals surface area (Å²) in [7, 11) is 1.45. The minimum Gasteiger partial charge on any atom is -0.504 e. The number of rotatable bonds is 10. The summed E-state index contributed by atoms with van der Waals surface area (Å²) >= 11 is 0. The normalized spacial score (nSPS) is 10.4. The van der Waals surface area contributed by atoms with Crippen molar-refractivity contribution in [2.75, 3.05) is 7.11 Å². The smallest absolute Gasteiger partial charge is 0.340 e. The highest BCUT2D eigenvalue weighted by atomic mass is 16.5. The van der Waals surface area contributed by atoms with E-state index in [2.05, 4.69) is 0 Å². The van der Waals surface area contributed by atoms with Crippen LogP contribution in [0.1, 0.15) is 76.7 Å². The number of carbonyl (C=O) groups is 4. The van der Waals surface area contributed by atoms with E-state index >= 15 is 0 Å². The number of aromatic hydroxyl groups is 2. The summed E-state index contributed by atoms with van der Waals surface area (Å²) in [6, 6.07) is 6.76. The van der Waals surface area contributed by atoms with Gasteiger partial charge >= 0.3 is 11.9 Å². The first-order chi connectivity index (χ1) is 15.7. The van der Waals surface area contributed by atoms with Crippen molar-refractivity contribution in [3.63, 3.8) is 0 Å². The van der Waals surface area contributed by atoms with Crippen molar-refractivity contribution in [3.05, 3.63) is 46.5 Å². The van der Waals surface area contributed by atoms with E-state index in [1.54, 1.807) is 24.3 Å². The summed E-state index contributed by atoms with van der Waals surface area (Å²) in [6.45, 7) is 4.18. The van der Waals surface area contributed by atoms with Gasteiger partial charge in [-0.15, -0.1) is 0 Å². The van der Waals surface area contributed by atoms with E-state index < -0.39 is 57.4 Å². The fourth-order valence-electron chi connectivity index (χ4n) is 3.12. The van der Waals surface area contributed by atoms with Crippen LogP contribution in [-0.4, -0.2) is 40.8 Å². The number of Topliss-reactive ketones (excluding diaryl/α,β-unsaturated/α-hetero) is 2. The zero-order valence-corrected chi connectivity index (χ0v) is 18.9. The average Bonchev–Trinajstić information content (AvgIpc) is 2.84. The van der Waals surface area contributed by atoms with E-state index in [4.69, 9.17) is 14.2 Å². The minimum absolute atomic E-state index is 0.108. The third kappa shape index (κ3) is 5.31. The monoisotopic (exact) mass is 458 g/mol. The van der Waals surface area contributed by atoms with Gasteiger partial charge in [-0.1, -0.05) is 39.0 Å². The lowest BCUT2D eigenvalue weighted by molar-refractivity contribution is -0.134. The van der Waals surface area contributed by atoms with Crippen LogP contribution in [0, 0.1) is 0 Å². The maximum atomic E-state index is 13.2. The van der Waals surface area contributed by atoms with Gasteiger partial charge in [-0.25, -0.2) is 4.79 Å². The van der Waals surface area contributed by atoms with Crippen LogP contribution in [0.2, 0.25) is 0 Å². The molecule has 9 heteroatoms. The quantitative estimate of drug-likeness (QED) is 0.234. The number of esters is 2. The molecule has 0 aliphatic rings. The van der Waals surface area contributed by atoms with Gasteiger partial charge in [0, 0.05) is 24.8 Å². The molecule has 0 aliphatic carbocycles. The molecule has 2 rings (SSSR count). The molecule has 0 bridgehead atoms. The second kappa shape index (κ2) is 11.1. The number of phenols is 2. The van der Waals surface area contributed by atoms with Crippen molar-refractivity contribution in [2.24, 2.45) is 0 Å². The third-order valence-electron chi connectivity index (χ3n) is 4.86. The molecule has 33 heavy (non-hydrogen) atoms. The highest BCUT2D eigenvalue weighted by Gasteiger charge is 2.35. The van der Waals surface area contributed by atoms with Crippen LogP contribution in [0.25, 0.3) is 0 Å². The molecule has 9 nitrogen and oxygen atoms in total. The number of phenolic OH excluding ortho intramolecular Hbond substituents is 2. The van der Waals surface area contributed by atoms with E-state index in [-0.39, 0.29) is 25.9 Å². The van der Waals surface area contributed by atoms with Gasteiger partial charge in [-0.05, 0) is 6.07 Å². The number of hydrogen-bond acceptors (Lipinski definition) is 9. The summed E-state index contributed by atoms with van der Waals surface area (Å²) in [5.41, 5.74) is -1.14. The van der Waals surface area contributed by atoms with Crippen molar-refractivity contribution < 1.29 is 43.6 Å². The van der Waals surface area contributed by atoms with Crippen LogP contribution < -0.4 is 9.47 Å². The molecule has 0 unspecified atom stereocenters. The van der Waals surface area contributed by atoms with Gasteiger partial charge in [0.15, 0.2) is 23.1 Å². The Hall–Kier alpha value is -3.88. The van der Waals surface area contributed by atoms with Crippen molar-refractivity contribution in [3.8, 4) is 23.0 Å². The highest BCUT2D eigenvalue weighted by Crippen LogP contribution is 2.45. The van der Waals surface area contributed by atoms with Gasteiger partial charge in [0.1, 0.15) is 12.4 Å². The Morgan fingerprint density at radius 1 is 0.818 bits per heavy atom. The Morgan fingerprint density at radius 2 is 1.42 bits per heavy atom. The first-order valence-corrected chi connectivity index (χ1v) is 10.4. The lowest BCUT2D eigenvalue weighted by Gasteiger charge is -2.19. The predicted molar refractivity (Wildman–Crippen MR) is 117 cm³/mol. The van der Waals surface area contributed by atoms with Gasteiger partial charge in [-0.2, -0.15) is 0 Å². The number of ketones is 2. The summed E-state index contributed by atoms with van der Waals surface area (Å²) in [6.07, 6.45) is -0.399. The molecule has 0 radical (unpaired) electrons. The minimum atomic E-state index is -1.11. The number of methoxy groups -OCH3 is 1. The van der Waals surface area contributed by atoms with Crippen molar-refractivity contribution in [2.45, 2.75) is 46.6 Å². The summed E-state index contributed by atoms with van der Waals surface area (Å²) in [5.74, 6) is -5.54. The summed E-state index contributed by atoms with van der Waals surface area (Å²) < 4.78 is 15.7. The molecule has 0 saturated heterocycles. The SMILES string of the molecule is CCC(=O)Oc1c(O)c(O)c(C(=O)CC)c(C(=O)OCc2ccccc2OC)c1C(=O)CC. The molecule has 0 saturated carbocycles. The molecule has 0 heterocycles. The largest absolute Gasteiger partial charge is 0.504 e. The first kappa shape index (κ1) is 25.4. The van der Waals surface area contributed by atoms with E-state index in [9.17, 15) is 29.4 Å². The van der Waals surface area contributed by atoms with Crippen LogP contribution >= 0.6 is 0 Å². The van der Waals surface area contributed by atoms with Crippen molar-refractivity contribution >= 4 is 23.5 Å². The number of ether oxygens (including phenoxy) is 3. The maximum absolute atomic E-state index is 13.2. The van der Waals surface area contributed by atoms with Gasteiger partial charge in [0.05, 0.1) is 23.8 Å². The lowest BCUT2D eigenvalue weighted by Crippen LogP contribution is -2.20. The number of carbonyl (C=O) groups excluding carboxylic acids is 4. The van der Waals surface area contributed by atoms with Crippen LogP contribution in [0.4, 0.5) is 0 Å². The Kier molecular flexibility index (Phi) is 8.56. The van der Waals surface area contributed by atoms with Crippen molar-refractivity contribution in [1.29, 1.82) is 0 Å². The van der Waals surface area contributed by atoms with E-state index in [1.807, 2.05) is 0 Å². The molecule has 0 aromatic heterocycles. The van der Waals surface area contributed by atoms with E-state index in [1.165, 1.54) is 27.9 Å². The topological polar surface area (TPSA) is 136 Å². The Morgan fingerprint density at radius 3 is 2.00 bits per heavy atom. The van der Waals surface area contributed by atoms with Crippen LogP contribution in [0.3, 0.4) is 0 Å². The fraction of sp³-hybridized carbons (Fsp3) is 0.333. The molecule has 0 spiro atoms. The molecule has 2 N–H and O–H groups in total. The van der Waals surface area contributed by atoms with E-state index in [0.717, 1.165) is 0 Å². The van der Waals surface area contributed by atoms with E-state index in [0.29, 0.717) is 11.3 Å². The first-order valence-electron chi connectivity index (χ1n) is 10.4. The molecule has 176 valence electrons. The van der Waals surface area contributed by atoms with Crippen LogP contribution in [-0.2, 0) is 16.1 Å². The zero-order valence-electron chi connectivity index (χ0n) is 18.9. The molecular weight excluding hydrogens is 432 g/mol. The molecule has 0 fully saturated rings. The maximum Gasteiger partial charge on any atom is 0.340 e. The molecular formula is C24H26O9. The zero-order chi connectivity index (χ0) is 24.7. The van der Waals surface area contributed by atoms with Gasteiger partial charge < -0.3 is 24.4 Å². The van der Waals surface area contributed by atoms with Gasteiger partial charge in [0.25, 0.3) is 0 Å². The molecule has 2 aromatic carbocycles. The number of hydrogen-bond donors (Lipinski definition) is 2. The summed E-state index contributed by atoms with van der Waals surface area (Å²) in [5, 5.41) is 21.0. The van der Waals surface area contributed by atoms with Gasteiger partial charge in [-0.3, -0.25) is 14.4 Å². The summed E-state index contributed by atoms with van der Waals surface area (Å²) in [4.78, 5) is 50.5. The molecule has 0 amide bonds.